The number of furan rings is 1. The standard InChI is InChI=1S/C17H16N2O3S2/c20-24(21,19-8-1-2-9-19)15-5-3-13(4-6-15)16-12-23-17(18-16)14-7-10-22-11-14/h3-7,10-12H,1-2,8-9H2. The molecule has 7 heteroatoms. The van der Waals surface area contributed by atoms with E-state index >= 15 is 0 Å². The van der Waals surface area contributed by atoms with E-state index in [1.54, 1.807) is 29.0 Å². The Labute approximate surface area is 144 Å². The Bertz CT molecular complexity index is 923. The van der Waals surface area contributed by atoms with E-state index in [0.717, 1.165) is 34.7 Å². The fourth-order valence-electron chi connectivity index (χ4n) is 2.80. The lowest BCUT2D eigenvalue weighted by Crippen LogP contribution is -2.27. The predicted molar refractivity (Wildman–Crippen MR) is 93.2 cm³/mol. The fraction of sp³-hybridized carbons (Fsp3) is 0.235. The van der Waals surface area contributed by atoms with Gasteiger partial charge < -0.3 is 4.42 Å². The van der Waals surface area contributed by atoms with Crippen LogP contribution < -0.4 is 0 Å². The van der Waals surface area contributed by atoms with E-state index in [1.807, 2.05) is 23.6 Å². The first kappa shape index (κ1) is 15.6. The molecule has 1 saturated heterocycles. The van der Waals surface area contributed by atoms with Crippen LogP contribution in [0.1, 0.15) is 12.8 Å². The molecule has 0 aliphatic carbocycles. The van der Waals surface area contributed by atoms with E-state index in [4.69, 9.17) is 4.42 Å². The van der Waals surface area contributed by atoms with Crippen LogP contribution in [0.25, 0.3) is 21.8 Å². The zero-order valence-corrected chi connectivity index (χ0v) is 14.5. The third-order valence-electron chi connectivity index (χ3n) is 4.13. The maximum absolute atomic E-state index is 12.5. The van der Waals surface area contributed by atoms with Gasteiger partial charge in [-0.15, -0.1) is 11.3 Å². The highest BCUT2D eigenvalue weighted by molar-refractivity contribution is 7.89. The number of sulfonamides is 1. The van der Waals surface area contributed by atoms with Crippen molar-refractivity contribution >= 4 is 21.4 Å². The zero-order valence-electron chi connectivity index (χ0n) is 12.9. The first-order valence-electron chi connectivity index (χ1n) is 7.73. The molecule has 1 aromatic carbocycles. The molecule has 0 unspecified atom stereocenters. The summed E-state index contributed by atoms with van der Waals surface area (Å²) in [6, 6.07) is 8.84. The number of hydrogen-bond donors (Lipinski definition) is 0. The second kappa shape index (κ2) is 6.16. The Hall–Kier alpha value is -1.96. The largest absolute Gasteiger partial charge is 0.472 e. The summed E-state index contributed by atoms with van der Waals surface area (Å²) in [5.74, 6) is 0. The number of benzene rings is 1. The van der Waals surface area contributed by atoms with E-state index in [9.17, 15) is 8.42 Å². The highest BCUT2D eigenvalue weighted by atomic mass is 32.2. The van der Waals surface area contributed by atoms with E-state index in [-0.39, 0.29) is 0 Å². The summed E-state index contributed by atoms with van der Waals surface area (Å²) >= 11 is 1.53. The number of aromatic nitrogens is 1. The number of rotatable bonds is 4. The van der Waals surface area contributed by atoms with Crippen LogP contribution in [-0.2, 0) is 10.0 Å². The van der Waals surface area contributed by atoms with E-state index in [2.05, 4.69) is 4.98 Å². The van der Waals surface area contributed by atoms with Gasteiger partial charge in [0.2, 0.25) is 10.0 Å². The third kappa shape index (κ3) is 2.79. The van der Waals surface area contributed by atoms with Crippen molar-refractivity contribution in [3.05, 3.63) is 48.2 Å². The highest BCUT2D eigenvalue weighted by Gasteiger charge is 2.26. The fourth-order valence-corrected chi connectivity index (χ4v) is 5.13. The van der Waals surface area contributed by atoms with Crippen molar-refractivity contribution in [1.82, 2.24) is 9.29 Å². The van der Waals surface area contributed by atoms with Gasteiger partial charge in [-0.1, -0.05) is 12.1 Å². The van der Waals surface area contributed by atoms with E-state index < -0.39 is 10.0 Å². The molecular weight excluding hydrogens is 344 g/mol. The molecular formula is C17H16N2O3S2. The Kier molecular flexibility index (Phi) is 3.99. The van der Waals surface area contributed by atoms with Gasteiger partial charge in [-0.3, -0.25) is 0 Å². The molecule has 0 radical (unpaired) electrons. The van der Waals surface area contributed by atoms with Crippen molar-refractivity contribution in [2.75, 3.05) is 13.1 Å². The van der Waals surface area contributed by atoms with Gasteiger partial charge in [-0.2, -0.15) is 4.31 Å². The summed E-state index contributed by atoms with van der Waals surface area (Å²) in [6.07, 6.45) is 5.16. The topological polar surface area (TPSA) is 63.4 Å². The van der Waals surface area contributed by atoms with Gasteiger partial charge in [0.05, 0.1) is 16.9 Å². The van der Waals surface area contributed by atoms with Crippen LogP contribution in [-0.4, -0.2) is 30.8 Å². The first-order valence-corrected chi connectivity index (χ1v) is 10.1. The van der Waals surface area contributed by atoms with Crippen LogP contribution in [0.4, 0.5) is 0 Å². The molecule has 5 nitrogen and oxygen atoms in total. The second-order valence-corrected chi connectivity index (χ2v) is 8.48. The Morgan fingerprint density at radius 1 is 1.04 bits per heavy atom. The number of nitrogens with zero attached hydrogens (tertiary/aromatic N) is 2. The average Bonchev–Trinajstić information content (AvgIpc) is 3.36. The van der Waals surface area contributed by atoms with Gasteiger partial charge in [0.25, 0.3) is 0 Å². The van der Waals surface area contributed by atoms with Gasteiger partial charge in [0.1, 0.15) is 11.3 Å². The molecule has 3 aromatic rings. The molecule has 0 spiro atoms. The molecule has 0 N–H and O–H groups in total. The second-order valence-electron chi connectivity index (χ2n) is 5.69. The summed E-state index contributed by atoms with van der Waals surface area (Å²) in [6.45, 7) is 1.23. The molecule has 124 valence electrons. The molecule has 1 aliphatic heterocycles. The van der Waals surface area contributed by atoms with Gasteiger partial charge in [0, 0.05) is 29.6 Å². The average molecular weight is 360 g/mol. The third-order valence-corrected chi connectivity index (χ3v) is 6.93. The Morgan fingerprint density at radius 2 is 1.79 bits per heavy atom. The van der Waals surface area contributed by atoms with E-state index in [0.29, 0.717) is 18.0 Å². The molecule has 4 rings (SSSR count). The Morgan fingerprint density at radius 3 is 2.46 bits per heavy atom. The lowest BCUT2D eigenvalue weighted by atomic mass is 10.2. The van der Waals surface area contributed by atoms with Gasteiger partial charge >= 0.3 is 0 Å². The number of thiazole rings is 1. The zero-order chi connectivity index (χ0) is 16.6. The molecule has 0 atom stereocenters. The van der Waals surface area contributed by atoms with Crippen LogP contribution in [0.15, 0.2) is 57.6 Å². The molecule has 3 heterocycles. The lowest BCUT2D eigenvalue weighted by molar-refractivity contribution is 0.477. The van der Waals surface area contributed by atoms with E-state index in [1.165, 1.54) is 11.3 Å². The molecule has 1 aliphatic rings. The summed E-state index contributed by atoms with van der Waals surface area (Å²) in [4.78, 5) is 4.94. The first-order chi connectivity index (χ1) is 11.6. The molecule has 0 amide bonds. The summed E-state index contributed by atoms with van der Waals surface area (Å²) in [7, 11) is -3.36. The normalized spacial score (nSPS) is 15.8. The van der Waals surface area contributed by atoms with Crippen LogP contribution >= 0.6 is 11.3 Å². The van der Waals surface area contributed by atoms with Gasteiger partial charge in [-0.05, 0) is 31.0 Å². The van der Waals surface area contributed by atoms with Crippen LogP contribution in [0.2, 0.25) is 0 Å². The van der Waals surface area contributed by atoms with Crippen molar-refractivity contribution < 1.29 is 12.8 Å². The number of hydrogen-bond acceptors (Lipinski definition) is 5. The van der Waals surface area contributed by atoms with Crippen molar-refractivity contribution in [3.63, 3.8) is 0 Å². The van der Waals surface area contributed by atoms with Crippen molar-refractivity contribution in [2.24, 2.45) is 0 Å². The maximum atomic E-state index is 12.5. The van der Waals surface area contributed by atoms with Crippen LogP contribution in [0.5, 0.6) is 0 Å². The summed E-state index contributed by atoms with van der Waals surface area (Å²) in [5, 5.41) is 2.85. The van der Waals surface area contributed by atoms with Crippen molar-refractivity contribution in [1.29, 1.82) is 0 Å². The van der Waals surface area contributed by atoms with Crippen molar-refractivity contribution in [3.8, 4) is 21.8 Å². The highest BCUT2D eigenvalue weighted by Crippen LogP contribution is 2.30. The molecule has 24 heavy (non-hydrogen) atoms. The quantitative estimate of drug-likeness (QED) is 0.709. The smallest absolute Gasteiger partial charge is 0.243 e. The lowest BCUT2D eigenvalue weighted by Gasteiger charge is -2.15. The van der Waals surface area contributed by atoms with Crippen LogP contribution in [0.3, 0.4) is 0 Å². The van der Waals surface area contributed by atoms with Crippen LogP contribution in [0, 0.1) is 0 Å². The maximum Gasteiger partial charge on any atom is 0.243 e. The minimum atomic E-state index is -3.36. The minimum absolute atomic E-state index is 0.346. The summed E-state index contributed by atoms with van der Waals surface area (Å²) < 4.78 is 31.7. The Balaban J connectivity index is 1.60. The monoisotopic (exact) mass is 360 g/mol. The predicted octanol–water partition coefficient (Wildman–Crippen LogP) is 3.85. The molecule has 1 fully saturated rings. The SMILES string of the molecule is O=S(=O)(c1ccc(-c2csc(-c3ccoc3)n2)cc1)N1CCCC1. The molecule has 2 aromatic heterocycles. The van der Waals surface area contributed by atoms with Gasteiger partial charge in [-0.25, -0.2) is 13.4 Å². The van der Waals surface area contributed by atoms with Gasteiger partial charge in [0.15, 0.2) is 0 Å². The minimum Gasteiger partial charge on any atom is -0.472 e. The molecule has 0 saturated carbocycles. The van der Waals surface area contributed by atoms with Crippen molar-refractivity contribution in [2.45, 2.75) is 17.7 Å². The summed E-state index contributed by atoms with van der Waals surface area (Å²) in [5.41, 5.74) is 2.68. The molecule has 0 bridgehead atoms.